The van der Waals surface area contributed by atoms with Gasteiger partial charge in [0.25, 0.3) is 0 Å². The van der Waals surface area contributed by atoms with Gasteiger partial charge < -0.3 is 20.0 Å². The molecule has 0 bridgehead atoms. The number of amides is 4. The number of hydrogen-bond donors (Lipinski definition) is 1. The van der Waals surface area contributed by atoms with E-state index in [0.717, 1.165) is 18.8 Å². The molecule has 4 amide bonds. The van der Waals surface area contributed by atoms with Crippen LogP contribution in [0.2, 0.25) is 0 Å². The number of hydrogen-bond acceptors (Lipinski definition) is 4. The van der Waals surface area contributed by atoms with Gasteiger partial charge in [-0.05, 0) is 18.1 Å². The van der Waals surface area contributed by atoms with Gasteiger partial charge in [0, 0.05) is 64.5 Å². The Bertz CT molecular complexity index is 724. The normalized spacial score (nSPS) is 17.9. The van der Waals surface area contributed by atoms with Crippen LogP contribution in [0.15, 0.2) is 30.3 Å². The summed E-state index contributed by atoms with van der Waals surface area (Å²) < 4.78 is 0. The Labute approximate surface area is 178 Å². The number of anilines is 1. The highest BCUT2D eigenvalue weighted by Crippen LogP contribution is 2.11. The van der Waals surface area contributed by atoms with Crippen molar-refractivity contribution in [2.75, 3.05) is 64.2 Å². The lowest BCUT2D eigenvalue weighted by molar-refractivity contribution is -0.136. The predicted octanol–water partition coefficient (Wildman–Crippen LogP) is 1.55. The maximum Gasteiger partial charge on any atom is 0.321 e. The van der Waals surface area contributed by atoms with Crippen molar-refractivity contribution in [2.45, 2.75) is 20.3 Å². The third-order valence-electron chi connectivity index (χ3n) is 5.61. The van der Waals surface area contributed by atoms with Gasteiger partial charge in [-0.15, -0.1) is 0 Å². The molecular formula is C22H33N5O3. The summed E-state index contributed by atoms with van der Waals surface area (Å²) in [7, 11) is 0. The van der Waals surface area contributed by atoms with E-state index in [1.807, 2.05) is 40.1 Å². The van der Waals surface area contributed by atoms with Crippen molar-refractivity contribution in [2.24, 2.45) is 5.92 Å². The maximum atomic E-state index is 12.7. The first-order chi connectivity index (χ1) is 14.4. The number of carbonyl (C=O) groups is 3. The zero-order chi connectivity index (χ0) is 21.5. The van der Waals surface area contributed by atoms with Crippen LogP contribution in [-0.2, 0) is 9.59 Å². The molecule has 1 aromatic carbocycles. The van der Waals surface area contributed by atoms with Crippen LogP contribution in [-0.4, -0.2) is 96.3 Å². The van der Waals surface area contributed by atoms with Gasteiger partial charge in [-0.1, -0.05) is 32.0 Å². The predicted molar refractivity (Wildman–Crippen MR) is 116 cm³/mol. The fraction of sp³-hybridized carbons (Fsp3) is 0.591. The standard InChI is InChI=1S/C22H33N5O3/c1-18(2)16-20(28)25-10-8-24(9-11-25)17-21(29)26-12-14-27(15-13-26)22(30)23-19-6-4-3-5-7-19/h3-7,18H,8-17H2,1-2H3,(H,23,30). The molecule has 0 aromatic heterocycles. The molecule has 0 unspecified atom stereocenters. The van der Waals surface area contributed by atoms with Crippen LogP contribution in [0.25, 0.3) is 0 Å². The number of nitrogens with zero attached hydrogens (tertiary/aromatic N) is 4. The van der Waals surface area contributed by atoms with Crippen molar-refractivity contribution in [1.82, 2.24) is 19.6 Å². The van der Waals surface area contributed by atoms with E-state index in [9.17, 15) is 14.4 Å². The summed E-state index contributed by atoms with van der Waals surface area (Å²) in [6.45, 7) is 9.48. The lowest BCUT2D eigenvalue weighted by Gasteiger charge is -2.38. The number of nitrogens with one attached hydrogen (secondary N) is 1. The van der Waals surface area contributed by atoms with Gasteiger partial charge >= 0.3 is 6.03 Å². The Kier molecular flexibility index (Phi) is 7.68. The molecule has 1 N–H and O–H groups in total. The second-order valence-electron chi connectivity index (χ2n) is 8.42. The molecule has 0 spiro atoms. The number of carbonyl (C=O) groups excluding carboxylic acids is 3. The first kappa shape index (κ1) is 22.1. The van der Waals surface area contributed by atoms with Gasteiger partial charge in [-0.25, -0.2) is 4.79 Å². The van der Waals surface area contributed by atoms with Gasteiger partial charge in [0.2, 0.25) is 11.8 Å². The topological polar surface area (TPSA) is 76.2 Å². The first-order valence-corrected chi connectivity index (χ1v) is 10.8. The molecule has 2 aliphatic heterocycles. The highest BCUT2D eigenvalue weighted by molar-refractivity contribution is 5.89. The Hall–Kier alpha value is -2.61. The van der Waals surface area contributed by atoms with E-state index >= 15 is 0 Å². The van der Waals surface area contributed by atoms with Crippen molar-refractivity contribution in [3.63, 3.8) is 0 Å². The average molecular weight is 416 g/mol. The molecule has 0 radical (unpaired) electrons. The van der Waals surface area contributed by atoms with Gasteiger partial charge in [-0.2, -0.15) is 0 Å². The fourth-order valence-electron chi connectivity index (χ4n) is 3.81. The van der Waals surface area contributed by atoms with Crippen molar-refractivity contribution < 1.29 is 14.4 Å². The molecule has 8 heteroatoms. The minimum absolute atomic E-state index is 0.0973. The third-order valence-corrected chi connectivity index (χ3v) is 5.61. The molecule has 2 fully saturated rings. The summed E-state index contributed by atoms with van der Waals surface area (Å²) in [5.74, 6) is 0.673. The van der Waals surface area contributed by atoms with Gasteiger partial charge in [-0.3, -0.25) is 14.5 Å². The fourth-order valence-corrected chi connectivity index (χ4v) is 3.81. The molecule has 30 heavy (non-hydrogen) atoms. The minimum atomic E-state index is -0.129. The maximum absolute atomic E-state index is 12.7. The average Bonchev–Trinajstić information content (AvgIpc) is 2.74. The highest BCUT2D eigenvalue weighted by Gasteiger charge is 2.27. The van der Waals surface area contributed by atoms with E-state index in [2.05, 4.69) is 24.1 Å². The summed E-state index contributed by atoms with van der Waals surface area (Å²) in [5, 5.41) is 2.89. The summed E-state index contributed by atoms with van der Waals surface area (Å²) in [4.78, 5) is 44.9. The number of urea groups is 1. The van der Waals surface area contributed by atoms with Crippen LogP contribution in [0, 0.1) is 5.92 Å². The molecule has 0 atom stereocenters. The van der Waals surface area contributed by atoms with Gasteiger partial charge in [0.1, 0.15) is 0 Å². The van der Waals surface area contributed by atoms with Crippen LogP contribution >= 0.6 is 0 Å². The number of piperazine rings is 2. The number of benzene rings is 1. The van der Waals surface area contributed by atoms with Crippen molar-refractivity contribution in [1.29, 1.82) is 0 Å². The molecule has 1 aromatic rings. The Morgan fingerprint density at radius 3 is 1.93 bits per heavy atom. The molecule has 0 aliphatic carbocycles. The number of para-hydroxylation sites is 1. The Morgan fingerprint density at radius 1 is 0.800 bits per heavy atom. The molecular weight excluding hydrogens is 382 g/mol. The zero-order valence-electron chi connectivity index (χ0n) is 18.0. The molecule has 164 valence electrons. The second kappa shape index (κ2) is 10.4. The largest absolute Gasteiger partial charge is 0.340 e. The lowest BCUT2D eigenvalue weighted by Crippen LogP contribution is -2.55. The van der Waals surface area contributed by atoms with Crippen LogP contribution in [0.5, 0.6) is 0 Å². The Morgan fingerprint density at radius 2 is 1.33 bits per heavy atom. The first-order valence-electron chi connectivity index (χ1n) is 10.8. The third kappa shape index (κ3) is 6.19. The second-order valence-corrected chi connectivity index (χ2v) is 8.42. The van der Waals surface area contributed by atoms with Crippen LogP contribution in [0.1, 0.15) is 20.3 Å². The van der Waals surface area contributed by atoms with E-state index in [1.54, 1.807) is 4.90 Å². The summed E-state index contributed by atoms with van der Waals surface area (Å²) in [6.07, 6.45) is 0.584. The van der Waals surface area contributed by atoms with E-state index < -0.39 is 0 Å². The molecule has 2 heterocycles. The van der Waals surface area contributed by atoms with Crippen LogP contribution < -0.4 is 5.32 Å². The molecule has 8 nitrogen and oxygen atoms in total. The molecule has 3 rings (SSSR count). The van der Waals surface area contributed by atoms with Gasteiger partial charge in [0.05, 0.1) is 6.54 Å². The Balaban J connectivity index is 1.37. The molecule has 2 saturated heterocycles. The van der Waals surface area contributed by atoms with E-state index in [0.29, 0.717) is 58.2 Å². The summed E-state index contributed by atoms with van der Waals surface area (Å²) in [6, 6.07) is 9.25. The van der Waals surface area contributed by atoms with Crippen LogP contribution in [0.3, 0.4) is 0 Å². The number of rotatable bonds is 5. The quantitative estimate of drug-likeness (QED) is 0.792. The minimum Gasteiger partial charge on any atom is -0.340 e. The zero-order valence-corrected chi connectivity index (χ0v) is 18.0. The lowest BCUT2D eigenvalue weighted by atomic mass is 10.1. The summed E-state index contributed by atoms with van der Waals surface area (Å²) >= 11 is 0. The van der Waals surface area contributed by atoms with E-state index in [4.69, 9.17) is 0 Å². The SMILES string of the molecule is CC(C)CC(=O)N1CCN(CC(=O)N2CCN(C(=O)Nc3ccccc3)CC2)CC1. The van der Waals surface area contributed by atoms with Crippen molar-refractivity contribution >= 4 is 23.5 Å². The molecule has 2 aliphatic rings. The highest BCUT2D eigenvalue weighted by atomic mass is 16.2. The van der Waals surface area contributed by atoms with Crippen molar-refractivity contribution in [3.05, 3.63) is 30.3 Å². The monoisotopic (exact) mass is 415 g/mol. The van der Waals surface area contributed by atoms with Crippen molar-refractivity contribution in [3.8, 4) is 0 Å². The van der Waals surface area contributed by atoms with Gasteiger partial charge in [0.15, 0.2) is 0 Å². The van der Waals surface area contributed by atoms with E-state index in [1.165, 1.54) is 0 Å². The smallest absolute Gasteiger partial charge is 0.321 e. The van der Waals surface area contributed by atoms with Crippen LogP contribution in [0.4, 0.5) is 10.5 Å². The summed E-state index contributed by atoms with van der Waals surface area (Å²) in [5.41, 5.74) is 0.770. The molecule has 0 saturated carbocycles. The van der Waals surface area contributed by atoms with E-state index in [-0.39, 0.29) is 17.8 Å².